The molecule has 4 atom stereocenters. The Bertz CT molecular complexity index is 622. The second-order valence-electron chi connectivity index (χ2n) is 9.87. The first-order valence-corrected chi connectivity index (χ1v) is 13.2. The van der Waals surface area contributed by atoms with E-state index in [0.717, 1.165) is 51.4 Å². The molecule has 8 heteroatoms. The zero-order valence-electron chi connectivity index (χ0n) is 21.9. The average molecular weight is 487 g/mol. The first kappa shape index (κ1) is 29.0. The summed E-state index contributed by atoms with van der Waals surface area (Å²) in [5.41, 5.74) is 0. The van der Waals surface area contributed by atoms with Gasteiger partial charge >= 0.3 is 11.9 Å². The lowest BCUT2D eigenvalue weighted by Crippen LogP contribution is -2.59. The second-order valence-corrected chi connectivity index (χ2v) is 9.87. The van der Waals surface area contributed by atoms with Gasteiger partial charge in [0.2, 0.25) is 5.79 Å². The highest BCUT2D eigenvalue weighted by atomic mass is 16.8. The fourth-order valence-corrected chi connectivity index (χ4v) is 4.42. The molecule has 0 spiro atoms. The minimum absolute atomic E-state index is 0.0341. The molecule has 2 aliphatic rings. The molecule has 8 nitrogen and oxygen atoms in total. The van der Waals surface area contributed by atoms with E-state index < -0.39 is 29.9 Å². The highest BCUT2D eigenvalue weighted by Crippen LogP contribution is 2.42. The summed E-state index contributed by atoms with van der Waals surface area (Å²) < 4.78 is 35.1. The van der Waals surface area contributed by atoms with Crippen LogP contribution in [0.3, 0.4) is 0 Å². The molecule has 0 unspecified atom stereocenters. The molecule has 34 heavy (non-hydrogen) atoms. The second kappa shape index (κ2) is 14.4. The lowest BCUT2D eigenvalue weighted by molar-refractivity contribution is -0.384. The van der Waals surface area contributed by atoms with Crippen molar-refractivity contribution in [3.05, 3.63) is 0 Å². The average Bonchev–Trinajstić information content (AvgIpc) is 3.09. The SMILES string of the molecule is CCCCCCCC(=O)OC[C@H]1O[C@@]2(OC)COC(C)(C)O[C@H]2[C@@H]1OC(=O)CCCCCCC. The summed E-state index contributed by atoms with van der Waals surface area (Å²) in [7, 11) is 1.51. The van der Waals surface area contributed by atoms with Crippen molar-refractivity contribution >= 4 is 11.9 Å². The van der Waals surface area contributed by atoms with Gasteiger partial charge in [0, 0.05) is 20.0 Å². The number of carbonyl (C=O) groups is 2. The van der Waals surface area contributed by atoms with Gasteiger partial charge in [-0.05, 0) is 26.7 Å². The molecule has 2 heterocycles. The van der Waals surface area contributed by atoms with E-state index in [2.05, 4.69) is 13.8 Å². The maximum atomic E-state index is 12.7. The van der Waals surface area contributed by atoms with Crippen molar-refractivity contribution in [3.8, 4) is 0 Å². The molecular weight excluding hydrogens is 440 g/mol. The number of fused-ring (bicyclic) bond motifs is 1. The van der Waals surface area contributed by atoms with E-state index in [4.69, 9.17) is 28.4 Å². The highest BCUT2D eigenvalue weighted by Gasteiger charge is 2.63. The minimum atomic E-state index is -1.22. The van der Waals surface area contributed by atoms with Gasteiger partial charge in [0.25, 0.3) is 0 Å². The third kappa shape index (κ3) is 8.77. The van der Waals surface area contributed by atoms with E-state index >= 15 is 0 Å². The third-order valence-corrected chi connectivity index (χ3v) is 6.47. The minimum Gasteiger partial charge on any atom is -0.463 e. The first-order valence-electron chi connectivity index (χ1n) is 13.2. The Morgan fingerprint density at radius 1 is 0.853 bits per heavy atom. The highest BCUT2D eigenvalue weighted by molar-refractivity contribution is 5.70. The van der Waals surface area contributed by atoms with Crippen LogP contribution in [0.15, 0.2) is 0 Å². The van der Waals surface area contributed by atoms with Crippen LogP contribution in [0, 0.1) is 0 Å². The molecule has 0 N–H and O–H groups in total. The number of hydrogen-bond donors (Lipinski definition) is 0. The number of hydrogen-bond acceptors (Lipinski definition) is 8. The van der Waals surface area contributed by atoms with Crippen LogP contribution in [0.25, 0.3) is 0 Å². The largest absolute Gasteiger partial charge is 0.463 e. The van der Waals surface area contributed by atoms with Crippen molar-refractivity contribution < 1.29 is 38.0 Å². The number of esters is 2. The molecule has 0 aliphatic carbocycles. The number of methoxy groups -OCH3 is 1. The van der Waals surface area contributed by atoms with Crippen LogP contribution in [0.1, 0.15) is 105 Å². The maximum Gasteiger partial charge on any atom is 0.306 e. The fourth-order valence-electron chi connectivity index (χ4n) is 4.42. The van der Waals surface area contributed by atoms with Crippen LogP contribution in [0.4, 0.5) is 0 Å². The Morgan fingerprint density at radius 3 is 2.03 bits per heavy atom. The molecule has 0 bridgehead atoms. The third-order valence-electron chi connectivity index (χ3n) is 6.47. The molecule has 0 aromatic rings. The van der Waals surface area contributed by atoms with Crippen LogP contribution in [-0.4, -0.2) is 62.1 Å². The normalized spacial score (nSPS) is 27.9. The van der Waals surface area contributed by atoms with Gasteiger partial charge in [0.15, 0.2) is 18.0 Å². The van der Waals surface area contributed by atoms with Gasteiger partial charge in [-0.15, -0.1) is 0 Å². The first-order chi connectivity index (χ1) is 16.3. The summed E-state index contributed by atoms with van der Waals surface area (Å²) in [4.78, 5) is 24.9. The molecule has 2 saturated heterocycles. The summed E-state index contributed by atoms with van der Waals surface area (Å²) in [6.07, 6.45) is 9.01. The maximum absolute atomic E-state index is 12.7. The van der Waals surface area contributed by atoms with Crippen molar-refractivity contribution in [3.63, 3.8) is 0 Å². The van der Waals surface area contributed by atoms with Crippen molar-refractivity contribution in [1.82, 2.24) is 0 Å². The van der Waals surface area contributed by atoms with Crippen LogP contribution in [0.5, 0.6) is 0 Å². The zero-order chi connectivity index (χ0) is 25.0. The quantitative estimate of drug-likeness (QED) is 0.221. The Kier molecular flexibility index (Phi) is 12.3. The van der Waals surface area contributed by atoms with Gasteiger partial charge in [-0.2, -0.15) is 0 Å². The zero-order valence-corrected chi connectivity index (χ0v) is 21.9. The predicted molar refractivity (Wildman–Crippen MR) is 127 cm³/mol. The molecule has 2 aliphatic heterocycles. The summed E-state index contributed by atoms with van der Waals surface area (Å²) in [6.45, 7) is 8.00. The number of carbonyl (C=O) groups excluding carboxylic acids is 2. The van der Waals surface area contributed by atoms with E-state index in [1.165, 1.54) is 20.0 Å². The smallest absolute Gasteiger partial charge is 0.306 e. The van der Waals surface area contributed by atoms with E-state index in [1.807, 2.05) is 0 Å². The van der Waals surface area contributed by atoms with Crippen molar-refractivity contribution in [2.24, 2.45) is 0 Å². The monoisotopic (exact) mass is 486 g/mol. The molecule has 0 aromatic heterocycles. The van der Waals surface area contributed by atoms with Gasteiger partial charge in [-0.3, -0.25) is 9.59 Å². The van der Waals surface area contributed by atoms with Gasteiger partial charge < -0.3 is 28.4 Å². The molecule has 2 fully saturated rings. The summed E-state index contributed by atoms with van der Waals surface area (Å²) in [5.74, 6) is -2.69. The molecule has 0 saturated carbocycles. The van der Waals surface area contributed by atoms with Crippen molar-refractivity contribution in [2.45, 2.75) is 135 Å². The summed E-state index contributed by atoms with van der Waals surface area (Å²) in [5, 5.41) is 0. The Balaban J connectivity index is 1.97. The topological polar surface area (TPSA) is 89.5 Å². The molecular formula is C26H46O8. The number of unbranched alkanes of at least 4 members (excludes halogenated alkanes) is 8. The Hall–Kier alpha value is -1.22. The van der Waals surface area contributed by atoms with E-state index in [0.29, 0.717) is 12.8 Å². The van der Waals surface area contributed by atoms with Crippen LogP contribution in [0.2, 0.25) is 0 Å². The van der Waals surface area contributed by atoms with E-state index in [-0.39, 0.29) is 25.2 Å². The van der Waals surface area contributed by atoms with Gasteiger partial charge in [0.05, 0.1) is 0 Å². The fraction of sp³-hybridized carbons (Fsp3) is 0.923. The molecule has 0 amide bonds. The van der Waals surface area contributed by atoms with Gasteiger partial charge in [-0.25, -0.2) is 0 Å². The molecule has 0 radical (unpaired) electrons. The van der Waals surface area contributed by atoms with Crippen molar-refractivity contribution in [2.75, 3.05) is 20.3 Å². The molecule has 0 aromatic carbocycles. The van der Waals surface area contributed by atoms with Gasteiger partial charge in [0.1, 0.15) is 19.3 Å². The predicted octanol–water partition coefficient (Wildman–Crippen LogP) is 5.06. The summed E-state index contributed by atoms with van der Waals surface area (Å²) >= 11 is 0. The van der Waals surface area contributed by atoms with Crippen LogP contribution in [-0.2, 0) is 38.0 Å². The van der Waals surface area contributed by atoms with Crippen molar-refractivity contribution in [1.29, 1.82) is 0 Å². The number of ether oxygens (including phenoxy) is 6. The standard InChI is InChI=1S/C26H46O8/c1-6-8-10-12-14-16-21(27)30-18-20-23(32-22(28)17-15-13-11-9-7-2)24-26(29-5,33-20)19-31-25(3,4)34-24/h20,23-24H,6-19H2,1-5H3/t20-,23-,24+,26+/m1/s1. The lowest BCUT2D eigenvalue weighted by Gasteiger charge is -2.44. The Labute approximate surface area is 205 Å². The van der Waals surface area contributed by atoms with Crippen LogP contribution >= 0.6 is 0 Å². The van der Waals surface area contributed by atoms with E-state index in [1.54, 1.807) is 13.8 Å². The Morgan fingerprint density at radius 2 is 1.44 bits per heavy atom. The summed E-state index contributed by atoms with van der Waals surface area (Å²) in [6, 6.07) is 0. The lowest BCUT2D eigenvalue weighted by atomic mass is 10.0. The van der Waals surface area contributed by atoms with Gasteiger partial charge in [-0.1, -0.05) is 65.2 Å². The number of rotatable bonds is 16. The molecule has 2 rings (SSSR count). The van der Waals surface area contributed by atoms with Crippen LogP contribution < -0.4 is 0 Å². The molecule has 198 valence electrons. The van der Waals surface area contributed by atoms with E-state index in [9.17, 15) is 9.59 Å².